The van der Waals surface area contributed by atoms with E-state index in [-0.39, 0.29) is 0 Å². The van der Waals surface area contributed by atoms with Crippen molar-refractivity contribution in [3.05, 3.63) is 33.1 Å². The molecule has 1 N–H and O–H groups in total. The molecular formula is C9H7BrN2S. The summed E-state index contributed by atoms with van der Waals surface area (Å²) in [6, 6.07) is 5.94. The van der Waals surface area contributed by atoms with Crippen molar-refractivity contribution in [2.24, 2.45) is 0 Å². The fraction of sp³-hybridized carbons (Fsp3) is 0.111. The van der Waals surface area contributed by atoms with Crippen LogP contribution in [0.5, 0.6) is 0 Å². The zero-order valence-electron chi connectivity index (χ0n) is 6.97. The third kappa shape index (κ3) is 1.64. The summed E-state index contributed by atoms with van der Waals surface area (Å²) < 4.78 is 1.66. The molecular weight excluding hydrogens is 248 g/mol. The van der Waals surface area contributed by atoms with Crippen LogP contribution >= 0.6 is 28.1 Å². The maximum Gasteiger partial charge on any atom is 0.137 e. The number of halogens is 1. The number of nitrogens with zero attached hydrogens (tertiary/aromatic N) is 1. The number of hydrogen-bond donors (Lipinski definition) is 1. The van der Waals surface area contributed by atoms with E-state index in [1.54, 1.807) is 0 Å². The molecule has 66 valence electrons. The van der Waals surface area contributed by atoms with Gasteiger partial charge in [0.25, 0.3) is 0 Å². The minimum atomic E-state index is 0.646. The van der Waals surface area contributed by atoms with Gasteiger partial charge in [-0.3, -0.25) is 0 Å². The molecule has 0 aliphatic carbocycles. The highest BCUT2D eigenvalue weighted by Gasteiger charge is 1.98. The van der Waals surface area contributed by atoms with Crippen molar-refractivity contribution in [2.75, 3.05) is 0 Å². The molecule has 0 bridgehead atoms. The van der Waals surface area contributed by atoms with E-state index in [0.717, 1.165) is 21.2 Å². The number of aromatic nitrogens is 2. The largest absolute Gasteiger partial charge is 0.343 e. The standard InChI is InChI=1S/C9H7BrN2S/c1-5-11-8-3-2-6(10)4-7(8)9(13)12-5/h2-4H,1H3,(H,11,12,13). The highest BCUT2D eigenvalue weighted by atomic mass is 79.9. The summed E-state index contributed by atoms with van der Waals surface area (Å²) in [5.41, 5.74) is 1.03. The van der Waals surface area contributed by atoms with Crippen LogP contribution in [0.3, 0.4) is 0 Å². The van der Waals surface area contributed by atoms with Gasteiger partial charge < -0.3 is 4.98 Å². The van der Waals surface area contributed by atoms with E-state index in [0.29, 0.717) is 4.64 Å². The zero-order chi connectivity index (χ0) is 9.42. The Morgan fingerprint density at radius 1 is 1.46 bits per heavy atom. The SMILES string of the molecule is Cc1nc(=S)c2cc(Br)ccc2[nH]1. The lowest BCUT2D eigenvalue weighted by atomic mass is 10.2. The monoisotopic (exact) mass is 254 g/mol. The van der Waals surface area contributed by atoms with Crippen molar-refractivity contribution < 1.29 is 0 Å². The fourth-order valence-electron chi connectivity index (χ4n) is 1.24. The molecule has 1 heterocycles. The van der Waals surface area contributed by atoms with Crippen molar-refractivity contribution >= 4 is 39.1 Å². The van der Waals surface area contributed by atoms with Crippen molar-refractivity contribution in [3.63, 3.8) is 0 Å². The molecule has 1 aromatic carbocycles. The van der Waals surface area contributed by atoms with Gasteiger partial charge in [0, 0.05) is 15.4 Å². The van der Waals surface area contributed by atoms with Crippen molar-refractivity contribution in [3.8, 4) is 0 Å². The van der Waals surface area contributed by atoms with E-state index in [2.05, 4.69) is 25.9 Å². The van der Waals surface area contributed by atoms with E-state index >= 15 is 0 Å². The highest BCUT2D eigenvalue weighted by molar-refractivity contribution is 9.10. The normalized spacial score (nSPS) is 10.6. The predicted octanol–water partition coefficient (Wildman–Crippen LogP) is 3.36. The van der Waals surface area contributed by atoms with Gasteiger partial charge in [-0.15, -0.1) is 0 Å². The second kappa shape index (κ2) is 3.20. The van der Waals surface area contributed by atoms with E-state index < -0.39 is 0 Å². The number of aryl methyl sites for hydroxylation is 1. The van der Waals surface area contributed by atoms with Gasteiger partial charge in [-0.2, -0.15) is 0 Å². The van der Waals surface area contributed by atoms with Crippen LogP contribution in [0.1, 0.15) is 5.82 Å². The molecule has 13 heavy (non-hydrogen) atoms. The molecule has 0 fully saturated rings. The third-order valence-electron chi connectivity index (χ3n) is 1.80. The first-order valence-corrected chi connectivity index (χ1v) is 5.03. The lowest BCUT2D eigenvalue weighted by Crippen LogP contribution is -1.89. The first-order chi connectivity index (χ1) is 6.16. The Morgan fingerprint density at radius 3 is 3.00 bits per heavy atom. The smallest absolute Gasteiger partial charge is 0.137 e. The van der Waals surface area contributed by atoms with Gasteiger partial charge in [-0.05, 0) is 25.1 Å². The lowest BCUT2D eigenvalue weighted by Gasteiger charge is -2.00. The molecule has 0 saturated carbocycles. The molecule has 0 saturated heterocycles. The molecule has 1 aromatic heterocycles. The van der Waals surface area contributed by atoms with Crippen LogP contribution in [-0.2, 0) is 0 Å². The molecule has 0 radical (unpaired) electrons. The van der Waals surface area contributed by atoms with Gasteiger partial charge in [0.05, 0.1) is 0 Å². The Bertz CT molecular complexity index is 518. The first-order valence-electron chi connectivity index (χ1n) is 3.83. The third-order valence-corrected chi connectivity index (χ3v) is 2.60. The Balaban J connectivity index is 2.95. The van der Waals surface area contributed by atoms with E-state index in [4.69, 9.17) is 12.2 Å². The molecule has 2 aromatic rings. The number of rotatable bonds is 0. The van der Waals surface area contributed by atoms with Crippen molar-refractivity contribution in [2.45, 2.75) is 6.92 Å². The number of H-pyrrole nitrogens is 1. The minimum Gasteiger partial charge on any atom is -0.343 e. The van der Waals surface area contributed by atoms with Gasteiger partial charge >= 0.3 is 0 Å². The lowest BCUT2D eigenvalue weighted by molar-refractivity contribution is 1.08. The van der Waals surface area contributed by atoms with E-state index in [1.165, 1.54) is 0 Å². The van der Waals surface area contributed by atoms with Crippen LogP contribution < -0.4 is 0 Å². The maximum absolute atomic E-state index is 5.15. The molecule has 0 spiro atoms. The number of aromatic amines is 1. The van der Waals surface area contributed by atoms with Gasteiger partial charge in [0.15, 0.2) is 0 Å². The zero-order valence-corrected chi connectivity index (χ0v) is 9.37. The number of fused-ring (bicyclic) bond motifs is 1. The summed E-state index contributed by atoms with van der Waals surface area (Å²) >= 11 is 8.55. The molecule has 0 amide bonds. The average molecular weight is 255 g/mol. The van der Waals surface area contributed by atoms with E-state index in [1.807, 2.05) is 25.1 Å². The summed E-state index contributed by atoms with van der Waals surface area (Å²) in [6.07, 6.45) is 0. The Morgan fingerprint density at radius 2 is 2.23 bits per heavy atom. The number of hydrogen-bond acceptors (Lipinski definition) is 2. The molecule has 0 unspecified atom stereocenters. The average Bonchev–Trinajstić information content (AvgIpc) is 2.06. The molecule has 4 heteroatoms. The Labute approximate surface area is 89.1 Å². The van der Waals surface area contributed by atoms with Gasteiger partial charge in [-0.1, -0.05) is 28.1 Å². The fourth-order valence-corrected chi connectivity index (χ4v) is 1.90. The molecule has 0 aliphatic heterocycles. The van der Waals surface area contributed by atoms with Crippen LogP contribution in [0, 0.1) is 11.6 Å². The van der Waals surface area contributed by atoms with Crippen molar-refractivity contribution in [1.82, 2.24) is 9.97 Å². The summed E-state index contributed by atoms with van der Waals surface area (Å²) in [5.74, 6) is 0.847. The maximum atomic E-state index is 5.15. The molecule has 0 atom stereocenters. The van der Waals surface area contributed by atoms with Crippen LogP contribution in [0.4, 0.5) is 0 Å². The second-order valence-corrected chi connectivity index (χ2v) is 4.12. The topological polar surface area (TPSA) is 28.7 Å². The van der Waals surface area contributed by atoms with Gasteiger partial charge in [0.2, 0.25) is 0 Å². The second-order valence-electron chi connectivity index (χ2n) is 2.82. The number of benzene rings is 1. The molecule has 2 rings (SSSR count). The minimum absolute atomic E-state index is 0.646. The molecule has 2 nitrogen and oxygen atoms in total. The van der Waals surface area contributed by atoms with E-state index in [9.17, 15) is 0 Å². The summed E-state index contributed by atoms with van der Waals surface area (Å²) in [4.78, 5) is 7.34. The predicted molar refractivity (Wildman–Crippen MR) is 59.4 cm³/mol. The Hall–Kier alpha value is -0.740. The van der Waals surface area contributed by atoms with Crippen LogP contribution in [-0.4, -0.2) is 9.97 Å². The Kier molecular flexibility index (Phi) is 2.17. The number of nitrogens with one attached hydrogen (secondary N) is 1. The summed E-state index contributed by atoms with van der Waals surface area (Å²) in [5, 5.41) is 0.981. The summed E-state index contributed by atoms with van der Waals surface area (Å²) in [6.45, 7) is 1.90. The van der Waals surface area contributed by atoms with Gasteiger partial charge in [-0.25, -0.2) is 4.98 Å². The highest BCUT2D eigenvalue weighted by Crippen LogP contribution is 2.18. The van der Waals surface area contributed by atoms with Crippen LogP contribution in [0.25, 0.3) is 10.9 Å². The van der Waals surface area contributed by atoms with Crippen LogP contribution in [0.2, 0.25) is 0 Å². The van der Waals surface area contributed by atoms with Crippen LogP contribution in [0.15, 0.2) is 22.7 Å². The first kappa shape index (κ1) is 8.84. The quantitative estimate of drug-likeness (QED) is 0.731. The van der Waals surface area contributed by atoms with Crippen molar-refractivity contribution in [1.29, 1.82) is 0 Å². The molecule has 0 aliphatic rings. The van der Waals surface area contributed by atoms with Gasteiger partial charge in [0.1, 0.15) is 10.5 Å². The summed E-state index contributed by atoms with van der Waals surface area (Å²) in [7, 11) is 0.